The number of aromatic nitrogens is 2. The first-order valence-corrected chi connectivity index (χ1v) is 9.49. The molecule has 1 aromatic heterocycles. The molecule has 10 heteroatoms. The van der Waals surface area contributed by atoms with Crippen molar-refractivity contribution >= 4 is 10.0 Å². The van der Waals surface area contributed by atoms with Crippen LogP contribution in [0, 0.1) is 5.92 Å². The van der Waals surface area contributed by atoms with Crippen molar-refractivity contribution in [2.45, 2.75) is 23.5 Å². The van der Waals surface area contributed by atoms with Gasteiger partial charge in [-0.15, -0.1) is 0 Å². The van der Waals surface area contributed by atoms with Crippen LogP contribution in [-0.2, 0) is 16.6 Å². The summed E-state index contributed by atoms with van der Waals surface area (Å²) in [7, 11) is -3.93. The van der Waals surface area contributed by atoms with Gasteiger partial charge in [0.05, 0.1) is 6.20 Å². The van der Waals surface area contributed by atoms with E-state index in [0.29, 0.717) is 11.2 Å². The van der Waals surface area contributed by atoms with Crippen LogP contribution in [0.2, 0.25) is 0 Å². The molecule has 3 rings (SSSR count). The molecule has 0 unspecified atom stereocenters. The number of rotatable bonds is 5. The Morgan fingerprint density at radius 1 is 1.19 bits per heavy atom. The molecule has 2 heterocycles. The molecule has 26 heavy (non-hydrogen) atoms. The van der Waals surface area contributed by atoms with Gasteiger partial charge in [0.1, 0.15) is 11.4 Å². The van der Waals surface area contributed by atoms with Crippen molar-refractivity contribution in [1.29, 1.82) is 0 Å². The van der Waals surface area contributed by atoms with Gasteiger partial charge in [-0.05, 0) is 18.0 Å². The van der Waals surface area contributed by atoms with Crippen LogP contribution in [0.15, 0.2) is 47.6 Å². The Hall–Kier alpha value is -1.91. The quantitative estimate of drug-likeness (QED) is 0.847. The summed E-state index contributed by atoms with van der Waals surface area (Å²) in [6.45, 7) is -0.555. The summed E-state index contributed by atoms with van der Waals surface area (Å²) in [5.74, 6) is -0.112. The first kappa shape index (κ1) is 18.9. The molecule has 2 N–H and O–H groups in total. The minimum atomic E-state index is -4.47. The van der Waals surface area contributed by atoms with Gasteiger partial charge in [0.2, 0.25) is 10.0 Å². The molecule has 0 radical (unpaired) electrons. The van der Waals surface area contributed by atoms with Crippen molar-refractivity contribution in [3.8, 4) is 0 Å². The summed E-state index contributed by atoms with van der Waals surface area (Å²) in [6, 6.07) is 9.47. The average molecular weight is 388 g/mol. The van der Waals surface area contributed by atoms with Crippen molar-refractivity contribution in [3.63, 3.8) is 0 Å². The van der Waals surface area contributed by atoms with E-state index in [1.165, 1.54) is 4.31 Å². The van der Waals surface area contributed by atoms with Crippen molar-refractivity contribution in [1.82, 2.24) is 14.1 Å². The lowest BCUT2D eigenvalue weighted by molar-refractivity contribution is -0.142. The second-order valence-corrected chi connectivity index (χ2v) is 8.26. The highest BCUT2D eigenvalue weighted by atomic mass is 32.2. The Balaban J connectivity index is 1.82. The number of hydrogen-bond donors (Lipinski definition) is 1. The highest BCUT2D eigenvalue weighted by molar-refractivity contribution is 7.89. The maximum absolute atomic E-state index is 12.8. The molecule has 0 saturated carbocycles. The van der Waals surface area contributed by atoms with Crippen molar-refractivity contribution in [2.75, 3.05) is 19.6 Å². The van der Waals surface area contributed by atoms with Crippen LogP contribution in [0.3, 0.4) is 0 Å². The van der Waals surface area contributed by atoms with E-state index in [1.54, 1.807) is 0 Å². The van der Waals surface area contributed by atoms with Gasteiger partial charge in [-0.1, -0.05) is 30.3 Å². The van der Waals surface area contributed by atoms with Gasteiger partial charge >= 0.3 is 6.18 Å². The topological polar surface area (TPSA) is 81.2 Å². The summed E-state index contributed by atoms with van der Waals surface area (Å²) in [6.07, 6.45) is -2.60. The Morgan fingerprint density at radius 3 is 2.50 bits per heavy atom. The van der Waals surface area contributed by atoms with E-state index >= 15 is 0 Å². The van der Waals surface area contributed by atoms with Crippen LogP contribution < -0.4 is 5.73 Å². The van der Waals surface area contributed by atoms with Gasteiger partial charge < -0.3 is 5.73 Å². The Kier molecular flexibility index (Phi) is 5.09. The number of nitrogens with zero attached hydrogens (tertiary/aromatic N) is 3. The van der Waals surface area contributed by atoms with Gasteiger partial charge in [-0.3, -0.25) is 4.68 Å². The number of hydrogen-bond acceptors (Lipinski definition) is 4. The molecule has 2 aromatic rings. The lowest BCUT2D eigenvalue weighted by Crippen LogP contribution is -2.29. The number of nitrogens with two attached hydrogens (primary N) is 1. The number of benzene rings is 1. The standard InChI is InChI=1S/C16H19F3N4O2S/c17-16(18,19)11-22-9-14(7-21-22)26(24,25)23-8-13(6-20)15(10-23)12-4-2-1-3-5-12/h1-5,7,9,13,15H,6,8,10-11,20H2/t13-,15+/m1/s1. The molecular weight excluding hydrogens is 369 g/mol. The van der Waals surface area contributed by atoms with E-state index < -0.39 is 22.7 Å². The van der Waals surface area contributed by atoms with Gasteiger partial charge in [0, 0.05) is 25.2 Å². The van der Waals surface area contributed by atoms with Crippen molar-refractivity contribution < 1.29 is 21.6 Å². The zero-order chi connectivity index (χ0) is 18.9. The van der Waals surface area contributed by atoms with E-state index in [9.17, 15) is 21.6 Å². The second-order valence-electron chi connectivity index (χ2n) is 6.32. The molecule has 142 valence electrons. The molecule has 1 fully saturated rings. The molecule has 1 aliphatic rings. The minimum absolute atomic E-state index is 0.0544. The normalized spacial score (nSPS) is 22.0. The highest BCUT2D eigenvalue weighted by Crippen LogP contribution is 2.35. The molecule has 1 aromatic carbocycles. The summed E-state index contributed by atoms with van der Waals surface area (Å²) in [4.78, 5) is -0.244. The summed E-state index contributed by atoms with van der Waals surface area (Å²) in [5.41, 5.74) is 6.81. The molecule has 0 aliphatic carbocycles. The SMILES string of the molecule is NC[C@@H]1CN(S(=O)(=O)c2cnn(CC(F)(F)F)c2)C[C@H]1c1ccccc1. The van der Waals surface area contributed by atoms with Gasteiger partial charge in [-0.2, -0.15) is 22.6 Å². The smallest absolute Gasteiger partial charge is 0.330 e. The van der Waals surface area contributed by atoms with E-state index in [0.717, 1.165) is 18.0 Å². The zero-order valence-electron chi connectivity index (χ0n) is 13.8. The van der Waals surface area contributed by atoms with E-state index in [1.807, 2.05) is 30.3 Å². The summed E-state index contributed by atoms with van der Waals surface area (Å²) in [5, 5.41) is 3.52. The third-order valence-electron chi connectivity index (χ3n) is 4.53. The van der Waals surface area contributed by atoms with Crippen molar-refractivity contribution in [3.05, 3.63) is 48.3 Å². The fraction of sp³-hybridized carbons (Fsp3) is 0.438. The first-order valence-electron chi connectivity index (χ1n) is 8.05. The number of halogens is 3. The Bertz CT molecular complexity index is 852. The highest BCUT2D eigenvalue weighted by Gasteiger charge is 2.40. The van der Waals surface area contributed by atoms with Gasteiger partial charge in [0.25, 0.3) is 0 Å². The fourth-order valence-corrected chi connectivity index (χ4v) is 4.72. The first-order chi connectivity index (χ1) is 12.2. The number of alkyl halides is 3. The largest absolute Gasteiger partial charge is 0.408 e. The molecule has 6 nitrogen and oxygen atoms in total. The minimum Gasteiger partial charge on any atom is -0.330 e. The second kappa shape index (κ2) is 7.01. The zero-order valence-corrected chi connectivity index (χ0v) is 14.6. The molecule has 0 spiro atoms. The van der Waals surface area contributed by atoms with Crippen LogP contribution in [0.25, 0.3) is 0 Å². The molecule has 1 aliphatic heterocycles. The van der Waals surface area contributed by atoms with Gasteiger partial charge in [0.15, 0.2) is 0 Å². The van der Waals surface area contributed by atoms with Crippen LogP contribution in [0.4, 0.5) is 13.2 Å². The summed E-state index contributed by atoms with van der Waals surface area (Å²) < 4.78 is 64.8. The maximum Gasteiger partial charge on any atom is 0.408 e. The molecule has 0 bridgehead atoms. The van der Waals surface area contributed by atoms with Crippen LogP contribution >= 0.6 is 0 Å². The monoisotopic (exact) mass is 388 g/mol. The predicted molar refractivity (Wildman–Crippen MR) is 88.8 cm³/mol. The summed E-state index contributed by atoms with van der Waals surface area (Å²) >= 11 is 0. The van der Waals surface area contributed by atoms with E-state index in [4.69, 9.17) is 5.73 Å². The van der Waals surface area contributed by atoms with E-state index in [2.05, 4.69) is 5.10 Å². The van der Waals surface area contributed by atoms with Crippen LogP contribution in [0.5, 0.6) is 0 Å². The third kappa shape index (κ3) is 3.92. The van der Waals surface area contributed by atoms with Gasteiger partial charge in [-0.25, -0.2) is 8.42 Å². The van der Waals surface area contributed by atoms with Crippen LogP contribution in [-0.4, -0.2) is 48.3 Å². The molecular formula is C16H19F3N4O2S. The number of sulfonamides is 1. The van der Waals surface area contributed by atoms with E-state index in [-0.39, 0.29) is 29.8 Å². The fourth-order valence-electron chi connectivity index (χ4n) is 3.24. The lowest BCUT2D eigenvalue weighted by atomic mass is 9.89. The Morgan fingerprint density at radius 2 is 1.88 bits per heavy atom. The van der Waals surface area contributed by atoms with Crippen LogP contribution in [0.1, 0.15) is 11.5 Å². The molecule has 0 amide bonds. The predicted octanol–water partition coefficient (Wildman–Crippen LogP) is 1.81. The van der Waals surface area contributed by atoms with Crippen molar-refractivity contribution in [2.24, 2.45) is 11.7 Å². The maximum atomic E-state index is 12.8. The lowest BCUT2D eigenvalue weighted by Gasteiger charge is -2.16. The average Bonchev–Trinajstić information content (AvgIpc) is 3.21. The molecule has 2 atom stereocenters. The Labute approximate surface area is 149 Å². The molecule has 1 saturated heterocycles. The third-order valence-corrected chi connectivity index (χ3v) is 6.31.